The van der Waals surface area contributed by atoms with Gasteiger partial charge >= 0.3 is 0 Å². The first kappa shape index (κ1) is 13.8. The number of hydrogen-bond acceptors (Lipinski definition) is 4. The molecule has 2 fully saturated rings. The molecular weight excluding hydrogens is 274 g/mol. The zero-order valence-electron chi connectivity index (χ0n) is 11.5. The molecule has 2 aliphatic rings. The van der Waals surface area contributed by atoms with Gasteiger partial charge in [0.05, 0.1) is 0 Å². The van der Waals surface area contributed by atoms with Crippen LogP contribution in [0.2, 0.25) is 0 Å². The molecule has 0 bridgehead atoms. The van der Waals surface area contributed by atoms with Crippen LogP contribution < -0.4 is 5.73 Å². The van der Waals surface area contributed by atoms with E-state index in [0.29, 0.717) is 24.9 Å². The smallest absolute Gasteiger partial charge is 0.246 e. The maximum atomic E-state index is 12.7. The fraction of sp³-hybridized carbons (Fsp3) is 0.643. The lowest BCUT2D eigenvalue weighted by Gasteiger charge is -2.40. The molecule has 0 spiro atoms. The molecule has 6 heteroatoms. The lowest BCUT2D eigenvalue weighted by molar-refractivity contribution is 0.136. The summed E-state index contributed by atoms with van der Waals surface area (Å²) < 4.78 is 27.0. The standard InChI is InChI=1S/C14H21N3O2S/c15-14-13(6-3-8-16-14)20(18,19)17-9-7-11-4-1-2-5-12(11)10-17/h3,6,8,11-12H,1-2,4-5,7,9-10H2,(H2,15,16). The minimum Gasteiger partial charge on any atom is -0.383 e. The minimum absolute atomic E-state index is 0.0956. The molecule has 0 radical (unpaired) electrons. The number of hydrogen-bond donors (Lipinski definition) is 1. The molecule has 2 atom stereocenters. The van der Waals surface area contributed by atoms with Crippen molar-refractivity contribution in [1.82, 2.24) is 9.29 Å². The van der Waals surface area contributed by atoms with Crippen molar-refractivity contribution in [1.29, 1.82) is 0 Å². The largest absolute Gasteiger partial charge is 0.383 e. The first-order valence-electron chi connectivity index (χ1n) is 7.29. The van der Waals surface area contributed by atoms with Gasteiger partial charge in [0, 0.05) is 19.3 Å². The van der Waals surface area contributed by atoms with Crippen molar-refractivity contribution in [2.45, 2.75) is 37.0 Å². The van der Waals surface area contributed by atoms with E-state index >= 15 is 0 Å². The predicted molar refractivity (Wildman–Crippen MR) is 77.5 cm³/mol. The van der Waals surface area contributed by atoms with Gasteiger partial charge in [-0.05, 0) is 36.8 Å². The number of nitrogen functional groups attached to an aromatic ring is 1. The van der Waals surface area contributed by atoms with Gasteiger partial charge in [-0.3, -0.25) is 0 Å². The number of piperidine rings is 1. The third-order valence-corrected chi connectivity index (χ3v) is 6.58. The van der Waals surface area contributed by atoms with Gasteiger partial charge in [0.1, 0.15) is 10.7 Å². The molecule has 2 N–H and O–H groups in total. The number of nitrogens with two attached hydrogens (primary N) is 1. The highest BCUT2D eigenvalue weighted by atomic mass is 32.2. The van der Waals surface area contributed by atoms with Gasteiger partial charge in [0.2, 0.25) is 10.0 Å². The van der Waals surface area contributed by atoms with Gasteiger partial charge < -0.3 is 5.73 Å². The molecule has 1 aromatic rings. The summed E-state index contributed by atoms with van der Waals surface area (Å²) in [6.07, 6.45) is 7.42. The second-order valence-corrected chi connectivity index (χ2v) is 7.75. The molecule has 1 aromatic heterocycles. The van der Waals surface area contributed by atoms with Gasteiger partial charge in [-0.25, -0.2) is 13.4 Å². The highest BCUT2D eigenvalue weighted by molar-refractivity contribution is 7.89. The van der Waals surface area contributed by atoms with Crippen LogP contribution in [0.3, 0.4) is 0 Å². The van der Waals surface area contributed by atoms with Crippen LogP contribution in [0.1, 0.15) is 32.1 Å². The maximum Gasteiger partial charge on any atom is 0.246 e. The van der Waals surface area contributed by atoms with Crippen molar-refractivity contribution in [2.75, 3.05) is 18.8 Å². The molecule has 110 valence electrons. The van der Waals surface area contributed by atoms with Gasteiger partial charge in [0.15, 0.2) is 0 Å². The fourth-order valence-corrected chi connectivity index (χ4v) is 5.12. The number of anilines is 1. The SMILES string of the molecule is Nc1ncccc1S(=O)(=O)N1CCC2CCCCC2C1. The van der Waals surface area contributed by atoms with Crippen LogP contribution in [0.25, 0.3) is 0 Å². The summed E-state index contributed by atoms with van der Waals surface area (Å²) in [5.74, 6) is 1.32. The Hall–Kier alpha value is -1.14. The molecular formula is C14H21N3O2S. The van der Waals surface area contributed by atoms with E-state index in [0.717, 1.165) is 12.8 Å². The van der Waals surface area contributed by atoms with E-state index in [-0.39, 0.29) is 10.7 Å². The molecule has 0 aromatic carbocycles. The number of rotatable bonds is 2. The summed E-state index contributed by atoms with van der Waals surface area (Å²) in [7, 11) is -3.50. The number of aromatic nitrogens is 1. The summed E-state index contributed by atoms with van der Waals surface area (Å²) in [6.45, 7) is 1.25. The predicted octanol–water partition coefficient (Wildman–Crippen LogP) is 1.86. The van der Waals surface area contributed by atoms with E-state index in [1.54, 1.807) is 16.4 Å². The second-order valence-electron chi connectivity index (χ2n) is 5.84. The molecule has 2 heterocycles. The Morgan fingerprint density at radius 3 is 2.70 bits per heavy atom. The Labute approximate surface area is 120 Å². The molecule has 1 aliphatic carbocycles. The number of fused-ring (bicyclic) bond motifs is 1. The highest BCUT2D eigenvalue weighted by Gasteiger charge is 2.37. The monoisotopic (exact) mass is 295 g/mol. The molecule has 3 rings (SSSR count). The molecule has 1 aliphatic heterocycles. The third-order valence-electron chi connectivity index (χ3n) is 4.67. The Morgan fingerprint density at radius 1 is 1.20 bits per heavy atom. The normalized spacial score (nSPS) is 28.0. The van der Waals surface area contributed by atoms with Crippen molar-refractivity contribution in [3.63, 3.8) is 0 Å². The van der Waals surface area contributed by atoms with Crippen molar-refractivity contribution in [2.24, 2.45) is 11.8 Å². The van der Waals surface area contributed by atoms with Crippen molar-refractivity contribution in [3.05, 3.63) is 18.3 Å². The molecule has 1 saturated heterocycles. The van der Waals surface area contributed by atoms with Crippen LogP contribution in [-0.2, 0) is 10.0 Å². The van der Waals surface area contributed by atoms with E-state index < -0.39 is 10.0 Å². The van der Waals surface area contributed by atoms with Crippen LogP contribution in [0.4, 0.5) is 5.82 Å². The average molecular weight is 295 g/mol. The Morgan fingerprint density at radius 2 is 1.95 bits per heavy atom. The Bertz CT molecular complexity index is 588. The molecule has 1 saturated carbocycles. The average Bonchev–Trinajstić information content (AvgIpc) is 2.47. The van der Waals surface area contributed by atoms with Gasteiger partial charge in [-0.15, -0.1) is 0 Å². The van der Waals surface area contributed by atoms with Gasteiger partial charge in [0.25, 0.3) is 0 Å². The first-order valence-corrected chi connectivity index (χ1v) is 8.73. The van der Waals surface area contributed by atoms with Crippen LogP contribution in [-0.4, -0.2) is 30.8 Å². The van der Waals surface area contributed by atoms with E-state index in [1.807, 2.05) is 0 Å². The first-order chi connectivity index (χ1) is 9.59. The number of sulfonamides is 1. The van der Waals surface area contributed by atoms with Gasteiger partial charge in [-0.2, -0.15) is 4.31 Å². The molecule has 5 nitrogen and oxygen atoms in total. The Kier molecular flexibility index (Phi) is 3.69. The zero-order chi connectivity index (χ0) is 14.2. The maximum absolute atomic E-state index is 12.7. The summed E-state index contributed by atoms with van der Waals surface area (Å²) >= 11 is 0. The van der Waals surface area contributed by atoms with Crippen LogP contribution in [0.5, 0.6) is 0 Å². The fourth-order valence-electron chi connectivity index (χ4n) is 3.55. The van der Waals surface area contributed by atoms with Crippen LogP contribution >= 0.6 is 0 Å². The Balaban J connectivity index is 1.84. The zero-order valence-corrected chi connectivity index (χ0v) is 12.3. The van der Waals surface area contributed by atoms with Crippen LogP contribution in [0.15, 0.2) is 23.2 Å². The number of pyridine rings is 1. The third kappa shape index (κ3) is 2.42. The van der Waals surface area contributed by atoms with Crippen molar-refractivity contribution >= 4 is 15.8 Å². The van der Waals surface area contributed by atoms with Crippen LogP contribution in [0, 0.1) is 11.8 Å². The summed E-state index contributed by atoms with van der Waals surface area (Å²) in [5.41, 5.74) is 5.73. The molecule has 0 amide bonds. The van der Waals surface area contributed by atoms with Gasteiger partial charge in [-0.1, -0.05) is 19.3 Å². The number of nitrogens with zero attached hydrogens (tertiary/aromatic N) is 2. The lowest BCUT2D eigenvalue weighted by Crippen LogP contribution is -2.44. The highest BCUT2D eigenvalue weighted by Crippen LogP contribution is 2.37. The van der Waals surface area contributed by atoms with E-state index in [4.69, 9.17) is 5.73 Å². The minimum atomic E-state index is -3.50. The van der Waals surface area contributed by atoms with Crippen molar-refractivity contribution < 1.29 is 8.42 Å². The quantitative estimate of drug-likeness (QED) is 0.903. The van der Waals surface area contributed by atoms with E-state index in [1.165, 1.54) is 25.5 Å². The molecule has 2 unspecified atom stereocenters. The van der Waals surface area contributed by atoms with Crippen molar-refractivity contribution in [3.8, 4) is 0 Å². The summed E-state index contributed by atoms with van der Waals surface area (Å²) in [6, 6.07) is 3.17. The topological polar surface area (TPSA) is 76.3 Å². The van der Waals surface area contributed by atoms with E-state index in [9.17, 15) is 8.42 Å². The second kappa shape index (κ2) is 5.33. The molecule has 20 heavy (non-hydrogen) atoms. The lowest BCUT2D eigenvalue weighted by atomic mass is 9.76. The summed E-state index contributed by atoms with van der Waals surface area (Å²) in [4.78, 5) is 4.04. The summed E-state index contributed by atoms with van der Waals surface area (Å²) in [5, 5.41) is 0. The van der Waals surface area contributed by atoms with E-state index in [2.05, 4.69) is 4.98 Å².